The second kappa shape index (κ2) is 6.68. The van der Waals surface area contributed by atoms with E-state index < -0.39 is 0 Å². The van der Waals surface area contributed by atoms with E-state index in [0.717, 1.165) is 28.4 Å². The van der Waals surface area contributed by atoms with Crippen LogP contribution in [0.2, 0.25) is 0 Å². The highest BCUT2D eigenvalue weighted by Gasteiger charge is 2.18. The Morgan fingerprint density at radius 2 is 2.05 bits per heavy atom. The third kappa shape index (κ3) is 3.33. The maximum absolute atomic E-state index is 5.59. The van der Waals surface area contributed by atoms with Crippen LogP contribution >= 0.6 is 11.3 Å². The number of nitrogens with zero attached hydrogens (tertiary/aromatic N) is 3. The third-order valence-electron chi connectivity index (χ3n) is 4.35. The minimum atomic E-state index is 0.657. The molecule has 0 amide bonds. The third-order valence-corrected chi connectivity index (χ3v) is 5.15. The van der Waals surface area contributed by atoms with Gasteiger partial charge in [0, 0.05) is 6.04 Å². The van der Waals surface area contributed by atoms with Crippen LogP contribution in [-0.4, -0.2) is 28.0 Å². The maximum atomic E-state index is 5.59. The first-order valence-electron chi connectivity index (χ1n) is 7.69. The van der Waals surface area contributed by atoms with Gasteiger partial charge in [0.15, 0.2) is 5.82 Å². The van der Waals surface area contributed by atoms with Crippen LogP contribution in [0.3, 0.4) is 0 Å². The van der Waals surface area contributed by atoms with E-state index in [0.29, 0.717) is 6.04 Å². The standard InChI is InChI=1S/C15H23N5S/c1-20(11-6-4-2-3-5-7-11)10-13-17-14(19-16)12-8-9-21-15(12)18-13/h8-9,11H,2-7,10,16H2,1H3,(H,17,18,19). The molecule has 0 aromatic carbocycles. The van der Waals surface area contributed by atoms with E-state index in [2.05, 4.69) is 27.3 Å². The molecule has 21 heavy (non-hydrogen) atoms. The molecule has 6 heteroatoms. The predicted molar refractivity (Wildman–Crippen MR) is 88.2 cm³/mol. The van der Waals surface area contributed by atoms with Crippen molar-refractivity contribution in [2.45, 2.75) is 51.1 Å². The summed E-state index contributed by atoms with van der Waals surface area (Å²) in [5, 5.41) is 3.03. The van der Waals surface area contributed by atoms with Crippen LogP contribution in [0.15, 0.2) is 11.4 Å². The lowest BCUT2D eigenvalue weighted by molar-refractivity contribution is 0.208. The molecule has 0 saturated heterocycles. The van der Waals surface area contributed by atoms with E-state index in [-0.39, 0.29) is 0 Å². The summed E-state index contributed by atoms with van der Waals surface area (Å²) >= 11 is 1.63. The van der Waals surface area contributed by atoms with Gasteiger partial charge in [0.1, 0.15) is 10.7 Å². The number of fused-ring (bicyclic) bond motifs is 1. The van der Waals surface area contributed by atoms with E-state index >= 15 is 0 Å². The van der Waals surface area contributed by atoms with E-state index in [1.165, 1.54) is 38.5 Å². The van der Waals surface area contributed by atoms with Gasteiger partial charge in [-0.1, -0.05) is 25.7 Å². The fraction of sp³-hybridized carbons (Fsp3) is 0.600. The normalized spacial score (nSPS) is 17.3. The number of nitrogen functional groups attached to an aromatic ring is 1. The largest absolute Gasteiger partial charge is 0.308 e. The Labute approximate surface area is 129 Å². The van der Waals surface area contributed by atoms with Gasteiger partial charge in [0.25, 0.3) is 0 Å². The van der Waals surface area contributed by atoms with E-state index in [1.54, 1.807) is 11.3 Å². The molecule has 1 saturated carbocycles. The van der Waals surface area contributed by atoms with Gasteiger partial charge in [-0.25, -0.2) is 15.8 Å². The van der Waals surface area contributed by atoms with Gasteiger partial charge >= 0.3 is 0 Å². The van der Waals surface area contributed by atoms with Crippen molar-refractivity contribution in [3.63, 3.8) is 0 Å². The molecule has 0 bridgehead atoms. The Bertz CT molecular complexity index is 589. The summed E-state index contributed by atoms with van der Waals surface area (Å²) in [6.07, 6.45) is 8.02. The summed E-state index contributed by atoms with van der Waals surface area (Å²) in [6, 6.07) is 2.66. The zero-order chi connectivity index (χ0) is 14.7. The molecule has 3 rings (SSSR count). The fourth-order valence-corrected chi connectivity index (χ4v) is 3.91. The summed E-state index contributed by atoms with van der Waals surface area (Å²) in [5.41, 5.74) is 2.70. The highest BCUT2D eigenvalue weighted by molar-refractivity contribution is 7.16. The number of hydrazine groups is 1. The van der Waals surface area contributed by atoms with Crippen LogP contribution in [-0.2, 0) is 6.54 Å². The number of anilines is 1. The molecule has 3 N–H and O–H groups in total. The number of rotatable bonds is 4. The van der Waals surface area contributed by atoms with Gasteiger partial charge in [-0.05, 0) is 31.3 Å². The summed E-state index contributed by atoms with van der Waals surface area (Å²) in [6.45, 7) is 0.785. The van der Waals surface area contributed by atoms with Crippen molar-refractivity contribution in [2.75, 3.05) is 12.5 Å². The van der Waals surface area contributed by atoms with Gasteiger partial charge in [-0.2, -0.15) is 0 Å². The van der Waals surface area contributed by atoms with E-state index in [1.807, 2.05) is 11.4 Å². The Hall–Kier alpha value is -1.24. The second-order valence-electron chi connectivity index (χ2n) is 5.83. The Morgan fingerprint density at radius 3 is 2.76 bits per heavy atom. The van der Waals surface area contributed by atoms with Gasteiger partial charge in [0.05, 0.1) is 11.9 Å². The van der Waals surface area contributed by atoms with Gasteiger partial charge in [0.2, 0.25) is 0 Å². The Kier molecular flexibility index (Phi) is 4.67. The molecule has 0 radical (unpaired) electrons. The average molecular weight is 305 g/mol. The molecular formula is C15H23N5S. The van der Waals surface area contributed by atoms with Crippen molar-refractivity contribution >= 4 is 27.4 Å². The van der Waals surface area contributed by atoms with E-state index in [9.17, 15) is 0 Å². The number of nitrogens with one attached hydrogen (secondary N) is 1. The summed E-state index contributed by atoms with van der Waals surface area (Å²) < 4.78 is 0. The quantitative estimate of drug-likeness (QED) is 0.516. The zero-order valence-electron chi connectivity index (χ0n) is 12.5. The SMILES string of the molecule is CN(Cc1nc(NN)c2ccsc2n1)C1CCCCCC1. The Morgan fingerprint density at radius 1 is 1.29 bits per heavy atom. The zero-order valence-corrected chi connectivity index (χ0v) is 13.3. The highest BCUT2D eigenvalue weighted by Crippen LogP contribution is 2.26. The van der Waals surface area contributed by atoms with Crippen LogP contribution in [0.4, 0.5) is 5.82 Å². The van der Waals surface area contributed by atoms with Crippen molar-refractivity contribution < 1.29 is 0 Å². The maximum Gasteiger partial charge on any atom is 0.152 e. The van der Waals surface area contributed by atoms with E-state index in [4.69, 9.17) is 5.84 Å². The van der Waals surface area contributed by atoms with Gasteiger partial charge in [-0.3, -0.25) is 4.90 Å². The molecule has 0 aliphatic heterocycles. The van der Waals surface area contributed by atoms with Crippen LogP contribution in [0, 0.1) is 0 Å². The van der Waals surface area contributed by atoms with Crippen LogP contribution in [0.5, 0.6) is 0 Å². The first kappa shape index (κ1) is 14.7. The van der Waals surface area contributed by atoms with Crippen molar-refractivity contribution in [1.82, 2.24) is 14.9 Å². The number of nitrogens with two attached hydrogens (primary N) is 1. The topological polar surface area (TPSA) is 67.1 Å². The molecule has 2 aromatic rings. The number of hydrogen-bond donors (Lipinski definition) is 2. The van der Waals surface area contributed by atoms with Crippen LogP contribution in [0.25, 0.3) is 10.2 Å². The lowest BCUT2D eigenvalue weighted by Crippen LogP contribution is -2.31. The van der Waals surface area contributed by atoms with Crippen molar-refractivity contribution in [1.29, 1.82) is 0 Å². The first-order chi connectivity index (χ1) is 10.3. The molecule has 2 aromatic heterocycles. The molecule has 5 nitrogen and oxygen atoms in total. The van der Waals surface area contributed by atoms with Crippen LogP contribution in [0.1, 0.15) is 44.3 Å². The minimum absolute atomic E-state index is 0.657. The average Bonchev–Trinajstić information content (AvgIpc) is 2.79. The first-order valence-corrected chi connectivity index (χ1v) is 8.57. The van der Waals surface area contributed by atoms with Gasteiger partial charge in [-0.15, -0.1) is 11.3 Å². The smallest absolute Gasteiger partial charge is 0.152 e. The molecule has 114 valence electrons. The van der Waals surface area contributed by atoms with Crippen molar-refractivity contribution in [3.8, 4) is 0 Å². The Balaban J connectivity index is 1.77. The molecular weight excluding hydrogens is 282 g/mol. The lowest BCUT2D eigenvalue weighted by atomic mass is 10.1. The lowest BCUT2D eigenvalue weighted by Gasteiger charge is -2.26. The number of thiophene rings is 1. The summed E-state index contributed by atoms with van der Waals surface area (Å²) in [4.78, 5) is 12.6. The molecule has 1 aliphatic rings. The molecule has 1 aliphatic carbocycles. The second-order valence-corrected chi connectivity index (χ2v) is 6.73. The highest BCUT2D eigenvalue weighted by atomic mass is 32.1. The number of aromatic nitrogens is 2. The monoisotopic (exact) mass is 305 g/mol. The number of hydrogen-bond acceptors (Lipinski definition) is 6. The minimum Gasteiger partial charge on any atom is -0.308 e. The summed E-state index contributed by atoms with van der Waals surface area (Å²) in [7, 11) is 2.19. The molecule has 1 fully saturated rings. The molecule has 2 heterocycles. The molecule has 0 spiro atoms. The fourth-order valence-electron chi connectivity index (χ4n) is 3.13. The van der Waals surface area contributed by atoms with Crippen LogP contribution < -0.4 is 11.3 Å². The summed E-state index contributed by atoms with van der Waals surface area (Å²) in [5.74, 6) is 7.17. The molecule has 0 unspecified atom stereocenters. The predicted octanol–water partition coefficient (Wildman–Crippen LogP) is 3.13. The molecule has 0 atom stereocenters. The van der Waals surface area contributed by atoms with Crippen molar-refractivity contribution in [2.24, 2.45) is 5.84 Å². The van der Waals surface area contributed by atoms with Gasteiger partial charge < -0.3 is 5.43 Å². The van der Waals surface area contributed by atoms with Crippen molar-refractivity contribution in [3.05, 3.63) is 17.3 Å².